The van der Waals surface area contributed by atoms with Crippen molar-refractivity contribution in [2.24, 2.45) is 0 Å². The SMILES string of the molecule is COCCCNCc1cccn1C(C)C. The second-order valence-corrected chi connectivity index (χ2v) is 4.02. The van der Waals surface area contributed by atoms with Crippen molar-refractivity contribution in [3.63, 3.8) is 0 Å². The van der Waals surface area contributed by atoms with Crippen molar-refractivity contribution >= 4 is 0 Å². The first-order chi connectivity index (χ1) is 7.25. The summed E-state index contributed by atoms with van der Waals surface area (Å²) in [4.78, 5) is 0. The Kier molecular flexibility index (Phi) is 5.43. The lowest BCUT2D eigenvalue weighted by molar-refractivity contribution is 0.194. The molecule has 1 heterocycles. The van der Waals surface area contributed by atoms with Gasteiger partial charge in [0.2, 0.25) is 0 Å². The molecule has 0 bridgehead atoms. The third-order valence-electron chi connectivity index (χ3n) is 2.43. The van der Waals surface area contributed by atoms with Gasteiger partial charge < -0.3 is 14.6 Å². The summed E-state index contributed by atoms with van der Waals surface area (Å²) in [5.74, 6) is 0. The number of hydrogen-bond acceptors (Lipinski definition) is 2. The van der Waals surface area contributed by atoms with Crippen molar-refractivity contribution in [2.75, 3.05) is 20.3 Å². The van der Waals surface area contributed by atoms with E-state index in [1.807, 2.05) is 0 Å². The summed E-state index contributed by atoms with van der Waals surface area (Å²) in [6, 6.07) is 4.81. The topological polar surface area (TPSA) is 26.2 Å². The Bertz CT molecular complexity index is 268. The van der Waals surface area contributed by atoms with Crippen LogP contribution in [-0.4, -0.2) is 24.8 Å². The van der Waals surface area contributed by atoms with E-state index in [1.54, 1.807) is 7.11 Å². The summed E-state index contributed by atoms with van der Waals surface area (Å²) in [5.41, 5.74) is 1.35. The Morgan fingerprint density at radius 2 is 2.27 bits per heavy atom. The van der Waals surface area contributed by atoms with Gasteiger partial charge >= 0.3 is 0 Å². The molecule has 0 saturated carbocycles. The van der Waals surface area contributed by atoms with Crippen LogP contribution in [0, 0.1) is 0 Å². The average Bonchev–Trinajstić information content (AvgIpc) is 2.66. The molecule has 1 aromatic rings. The van der Waals surface area contributed by atoms with Gasteiger partial charge in [-0.25, -0.2) is 0 Å². The molecule has 0 atom stereocenters. The Hall–Kier alpha value is -0.800. The lowest BCUT2D eigenvalue weighted by Crippen LogP contribution is -2.18. The predicted molar refractivity (Wildman–Crippen MR) is 63.0 cm³/mol. The predicted octanol–water partition coefficient (Wildman–Crippen LogP) is 2.20. The van der Waals surface area contributed by atoms with E-state index in [9.17, 15) is 0 Å². The maximum Gasteiger partial charge on any atom is 0.0474 e. The molecule has 0 amide bonds. The van der Waals surface area contributed by atoms with E-state index in [4.69, 9.17) is 4.74 Å². The highest BCUT2D eigenvalue weighted by Gasteiger charge is 2.02. The van der Waals surface area contributed by atoms with Crippen molar-refractivity contribution in [1.29, 1.82) is 0 Å². The van der Waals surface area contributed by atoms with Gasteiger partial charge in [-0.15, -0.1) is 0 Å². The van der Waals surface area contributed by atoms with Crippen LogP contribution in [0.15, 0.2) is 18.3 Å². The van der Waals surface area contributed by atoms with Crippen LogP contribution in [0.3, 0.4) is 0 Å². The molecule has 0 radical (unpaired) electrons. The van der Waals surface area contributed by atoms with Crippen LogP contribution in [0.25, 0.3) is 0 Å². The Morgan fingerprint density at radius 3 is 2.93 bits per heavy atom. The first-order valence-corrected chi connectivity index (χ1v) is 5.61. The van der Waals surface area contributed by atoms with Crippen LogP contribution < -0.4 is 5.32 Å². The standard InChI is InChI=1S/C12H22N2O/c1-11(2)14-8-4-6-12(14)10-13-7-5-9-15-3/h4,6,8,11,13H,5,7,9-10H2,1-3H3. The molecule has 0 aromatic carbocycles. The van der Waals surface area contributed by atoms with E-state index in [0.29, 0.717) is 6.04 Å². The molecule has 86 valence electrons. The third-order valence-corrected chi connectivity index (χ3v) is 2.43. The van der Waals surface area contributed by atoms with E-state index in [2.05, 4.69) is 42.1 Å². The fourth-order valence-electron chi connectivity index (χ4n) is 1.64. The van der Waals surface area contributed by atoms with Gasteiger partial charge in [0, 0.05) is 38.2 Å². The summed E-state index contributed by atoms with van der Waals surface area (Å²) in [6.07, 6.45) is 3.20. The van der Waals surface area contributed by atoms with Gasteiger partial charge in [-0.1, -0.05) is 0 Å². The minimum absolute atomic E-state index is 0.538. The number of ether oxygens (including phenoxy) is 1. The summed E-state index contributed by atoms with van der Waals surface area (Å²) in [7, 11) is 1.74. The highest BCUT2D eigenvalue weighted by Crippen LogP contribution is 2.10. The molecule has 0 saturated heterocycles. The minimum atomic E-state index is 0.538. The molecule has 3 nitrogen and oxygen atoms in total. The fraction of sp³-hybridized carbons (Fsp3) is 0.667. The maximum absolute atomic E-state index is 5.00. The first kappa shape index (κ1) is 12.3. The van der Waals surface area contributed by atoms with Crippen LogP contribution >= 0.6 is 0 Å². The van der Waals surface area contributed by atoms with Crippen molar-refractivity contribution in [3.05, 3.63) is 24.0 Å². The zero-order valence-corrected chi connectivity index (χ0v) is 9.99. The third kappa shape index (κ3) is 4.06. The molecule has 1 rings (SSSR count). The summed E-state index contributed by atoms with van der Waals surface area (Å²) in [6.45, 7) is 7.19. The van der Waals surface area contributed by atoms with Gasteiger partial charge in [-0.2, -0.15) is 0 Å². The highest BCUT2D eigenvalue weighted by molar-refractivity contribution is 5.07. The van der Waals surface area contributed by atoms with E-state index >= 15 is 0 Å². The van der Waals surface area contributed by atoms with Crippen molar-refractivity contribution < 1.29 is 4.74 Å². The van der Waals surface area contributed by atoms with E-state index < -0.39 is 0 Å². The largest absolute Gasteiger partial charge is 0.385 e. The maximum atomic E-state index is 5.00. The molecule has 0 aliphatic carbocycles. The minimum Gasteiger partial charge on any atom is -0.385 e. The van der Waals surface area contributed by atoms with Crippen LogP contribution in [0.2, 0.25) is 0 Å². The normalized spacial score (nSPS) is 11.2. The molecule has 1 aromatic heterocycles. The van der Waals surface area contributed by atoms with Gasteiger partial charge in [0.25, 0.3) is 0 Å². The Labute approximate surface area is 92.4 Å². The van der Waals surface area contributed by atoms with Crippen LogP contribution in [0.5, 0.6) is 0 Å². The van der Waals surface area contributed by atoms with Gasteiger partial charge in [0.15, 0.2) is 0 Å². The molecule has 0 spiro atoms. The smallest absolute Gasteiger partial charge is 0.0474 e. The second-order valence-electron chi connectivity index (χ2n) is 4.02. The number of nitrogens with one attached hydrogen (secondary N) is 1. The molecular weight excluding hydrogens is 188 g/mol. The number of methoxy groups -OCH3 is 1. The van der Waals surface area contributed by atoms with Crippen LogP contribution in [0.4, 0.5) is 0 Å². The van der Waals surface area contributed by atoms with Gasteiger partial charge in [0.1, 0.15) is 0 Å². The van der Waals surface area contributed by atoms with Crippen molar-refractivity contribution in [3.8, 4) is 0 Å². The number of aromatic nitrogens is 1. The van der Waals surface area contributed by atoms with E-state index in [0.717, 1.165) is 26.1 Å². The van der Waals surface area contributed by atoms with Crippen LogP contribution in [0.1, 0.15) is 32.0 Å². The molecule has 0 fully saturated rings. The molecule has 0 unspecified atom stereocenters. The number of nitrogens with zero attached hydrogens (tertiary/aromatic N) is 1. The molecule has 1 N–H and O–H groups in total. The quantitative estimate of drug-likeness (QED) is 0.698. The van der Waals surface area contributed by atoms with Gasteiger partial charge in [-0.05, 0) is 38.9 Å². The van der Waals surface area contributed by atoms with Crippen molar-refractivity contribution in [1.82, 2.24) is 9.88 Å². The number of rotatable bonds is 7. The molecule has 0 aliphatic rings. The second kappa shape index (κ2) is 6.64. The lowest BCUT2D eigenvalue weighted by atomic mass is 10.3. The zero-order valence-electron chi connectivity index (χ0n) is 9.99. The van der Waals surface area contributed by atoms with E-state index in [1.165, 1.54) is 5.69 Å². The van der Waals surface area contributed by atoms with Gasteiger partial charge in [0.05, 0.1) is 0 Å². The van der Waals surface area contributed by atoms with E-state index in [-0.39, 0.29) is 0 Å². The summed E-state index contributed by atoms with van der Waals surface area (Å²) < 4.78 is 7.29. The Balaban J connectivity index is 2.28. The summed E-state index contributed by atoms with van der Waals surface area (Å²) >= 11 is 0. The zero-order chi connectivity index (χ0) is 11.1. The van der Waals surface area contributed by atoms with Crippen molar-refractivity contribution in [2.45, 2.75) is 32.9 Å². The lowest BCUT2D eigenvalue weighted by Gasteiger charge is -2.13. The first-order valence-electron chi connectivity index (χ1n) is 5.61. The number of hydrogen-bond donors (Lipinski definition) is 1. The average molecular weight is 210 g/mol. The molecule has 0 aliphatic heterocycles. The molecule has 3 heteroatoms. The Morgan fingerprint density at radius 1 is 1.47 bits per heavy atom. The highest BCUT2D eigenvalue weighted by atomic mass is 16.5. The van der Waals surface area contributed by atoms with Crippen LogP contribution in [-0.2, 0) is 11.3 Å². The molecular formula is C12H22N2O. The summed E-state index contributed by atoms with van der Waals surface area (Å²) in [5, 5.41) is 3.42. The molecule has 15 heavy (non-hydrogen) atoms. The monoisotopic (exact) mass is 210 g/mol. The van der Waals surface area contributed by atoms with Gasteiger partial charge in [-0.3, -0.25) is 0 Å². The fourth-order valence-corrected chi connectivity index (χ4v) is 1.64.